The fourth-order valence-corrected chi connectivity index (χ4v) is 2.40. The summed E-state index contributed by atoms with van der Waals surface area (Å²) in [5.41, 5.74) is 8.26. The van der Waals surface area contributed by atoms with Crippen LogP contribution in [0.5, 0.6) is 11.5 Å². The number of carbonyl (C=O) groups is 1. The van der Waals surface area contributed by atoms with Crippen molar-refractivity contribution in [2.45, 2.75) is 19.4 Å². The summed E-state index contributed by atoms with van der Waals surface area (Å²) in [5, 5.41) is 2.92. The lowest BCUT2D eigenvalue weighted by Gasteiger charge is -2.10. The minimum Gasteiger partial charge on any atom is -0.490 e. The van der Waals surface area contributed by atoms with Gasteiger partial charge in [-0.2, -0.15) is 0 Å². The third kappa shape index (κ3) is 4.80. The molecule has 128 valence electrons. The van der Waals surface area contributed by atoms with E-state index in [4.69, 9.17) is 15.2 Å². The summed E-state index contributed by atoms with van der Waals surface area (Å²) in [5.74, 6) is 1.48. The van der Waals surface area contributed by atoms with Crippen molar-refractivity contribution in [2.24, 2.45) is 0 Å². The number of carbonyl (C=O) groups excluding carboxylic acids is 1. The minimum atomic E-state index is -0.0260. The van der Waals surface area contributed by atoms with Gasteiger partial charge < -0.3 is 20.5 Å². The largest absolute Gasteiger partial charge is 0.490 e. The molecule has 3 N–H and O–H groups in total. The molecule has 0 aliphatic carbocycles. The maximum Gasteiger partial charge on any atom is 0.224 e. The van der Waals surface area contributed by atoms with Crippen molar-refractivity contribution in [1.29, 1.82) is 0 Å². The maximum absolute atomic E-state index is 12.0. The number of nitrogens with one attached hydrogen (secondary N) is 1. The molecule has 3 rings (SSSR count). The first-order chi connectivity index (χ1) is 11.2. The van der Waals surface area contributed by atoms with Gasteiger partial charge in [-0.15, -0.1) is 12.4 Å². The fraction of sp³-hybridized carbons (Fsp3) is 0.278. The van der Waals surface area contributed by atoms with Gasteiger partial charge in [0.05, 0.1) is 19.6 Å². The summed E-state index contributed by atoms with van der Waals surface area (Å²) < 4.78 is 11.2. The summed E-state index contributed by atoms with van der Waals surface area (Å²) in [7, 11) is 0. The van der Waals surface area contributed by atoms with Crippen LogP contribution in [0.4, 0.5) is 5.69 Å². The smallest absolute Gasteiger partial charge is 0.224 e. The molecule has 1 heterocycles. The molecule has 0 radical (unpaired) electrons. The molecule has 24 heavy (non-hydrogen) atoms. The summed E-state index contributed by atoms with van der Waals surface area (Å²) in [6.07, 6.45) is 1.22. The topological polar surface area (TPSA) is 73.6 Å². The standard InChI is InChI=1S/C18H20N2O3.ClH/c19-15-5-2-13(3-6-15)11-18(21)20-12-14-4-7-16-17(10-14)23-9-1-8-22-16;/h2-7,10H,1,8-9,11-12,19H2,(H,20,21);1H. The second kappa shape index (κ2) is 8.45. The Labute approximate surface area is 147 Å². The number of fused-ring (bicyclic) bond motifs is 1. The van der Waals surface area contributed by atoms with Gasteiger partial charge in [0, 0.05) is 18.7 Å². The van der Waals surface area contributed by atoms with E-state index in [0.29, 0.717) is 31.9 Å². The number of nitrogens with two attached hydrogens (primary N) is 1. The molecule has 0 aromatic heterocycles. The number of benzene rings is 2. The van der Waals surface area contributed by atoms with Crippen molar-refractivity contribution in [1.82, 2.24) is 5.32 Å². The zero-order valence-corrected chi connectivity index (χ0v) is 14.1. The third-order valence-electron chi connectivity index (χ3n) is 3.65. The molecule has 0 atom stereocenters. The number of hydrogen-bond donors (Lipinski definition) is 2. The average molecular weight is 349 g/mol. The molecular weight excluding hydrogens is 328 g/mol. The van der Waals surface area contributed by atoms with Crippen LogP contribution in [-0.4, -0.2) is 19.1 Å². The Balaban J connectivity index is 0.00000208. The molecule has 0 unspecified atom stereocenters. The Morgan fingerprint density at radius 3 is 2.42 bits per heavy atom. The molecule has 0 saturated heterocycles. The van der Waals surface area contributed by atoms with Gasteiger partial charge in [0.1, 0.15) is 0 Å². The molecule has 0 spiro atoms. The van der Waals surface area contributed by atoms with Crippen LogP contribution in [0.15, 0.2) is 42.5 Å². The van der Waals surface area contributed by atoms with Crippen LogP contribution < -0.4 is 20.5 Å². The van der Waals surface area contributed by atoms with Crippen LogP contribution in [-0.2, 0) is 17.8 Å². The number of nitrogen functional groups attached to an aromatic ring is 1. The Bertz CT molecular complexity index is 689. The van der Waals surface area contributed by atoms with E-state index in [1.54, 1.807) is 12.1 Å². The predicted molar refractivity (Wildman–Crippen MR) is 95.7 cm³/mol. The highest BCUT2D eigenvalue weighted by Crippen LogP contribution is 2.30. The Morgan fingerprint density at radius 1 is 1.00 bits per heavy atom. The number of rotatable bonds is 4. The SMILES string of the molecule is Cl.Nc1ccc(CC(=O)NCc2ccc3c(c2)OCCCO3)cc1. The third-order valence-corrected chi connectivity index (χ3v) is 3.65. The van der Waals surface area contributed by atoms with E-state index in [-0.39, 0.29) is 18.3 Å². The van der Waals surface area contributed by atoms with Crippen molar-refractivity contribution in [3.63, 3.8) is 0 Å². The van der Waals surface area contributed by atoms with Crippen molar-refractivity contribution in [2.75, 3.05) is 18.9 Å². The number of halogens is 1. The molecule has 1 aliphatic rings. The van der Waals surface area contributed by atoms with Crippen molar-refractivity contribution in [3.8, 4) is 11.5 Å². The zero-order chi connectivity index (χ0) is 16.1. The highest BCUT2D eigenvalue weighted by atomic mass is 35.5. The second-order valence-corrected chi connectivity index (χ2v) is 5.53. The quantitative estimate of drug-likeness (QED) is 0.833. The number of amides is 1. The summed E-state index contributed by atoms with van der Waals surface area (Å²) in [4.78, 5) is 12.0. The van der Waals surface area contributed by atoms with Crippen molar-refractivity contribution in [3.05, 3.63) is 53.6 Å². The van der Waals surface area contributed by atoms with Gasteiger partial charge >= 0.3 is 0 Å². The van der Waals surface area contributed by atoms with Crippen LogP contribution in [0.1, 0.15) is 17.5 Å². The molecule has 6 heteroatoms. The lowest BCUT2D eigenvalue weighted by Crippen LogP contribution is -2.24. The molecular formula is C18H21ClN2O3. The van der Waals surface area contributed by atoms with Gasteiger partial charge in [0.2, 0.25) is 5.91 Å². The molecule has 0 bridgehead atoms. The molecule has 0 saturated carbocycles. The Hall–Kier alpha value is -2.40. The second-order valence-electron chi connectivity index (χ2n) is 5.53. The highest BCUT2D eigenvalue weighted by molar-refractivity contribution is 5.85. The lowest BCUT2D eigenvalue weighted by atomic mass is 10.1. The van der Waals surface area contributed by atoms with Crippen LogP contribution in [0.2, 0.25) is 0 Å². The molecule has 2 aromatic carbocycles. The van der Waals surface area contributed by atoms with Crippen molar-refractivity contribution < 1.29 is 14.3 Å². The van der Waals surface area contributed by atoms with Crippen molar-refractivity contribution >= 4 is 24.0 Å². The molecule has 0 fully saturated rings. The summed E-state index contributed by atoms with van der Waals surface area (Å²) in [6, 6.07) is 13.1. The zero-order valence-electron chi connectivity index (χ0n) is 13.3. The van der Waals surface area contributed by atoms with E-state index in [1.165, 1.54) is 0 Å². The average Bonchev–Trinajstić information content (AvgIpc) is 2.80. The molecule has 5 nitrogen and oxygen atoms in total. The van der Waals surface area contributed by atoms with Crippen LogP contribution in [0.25, 0.3) is 0 Å². The predicted octanol–water partition coefficient (Wildman–Crippen LogP) is 2.71. The van der Waals surface area contributed by atoms with Crippen LogP contribution in [0, 0.1) is 0 Å². The first-order valence-electron chi connectivity index (χ1n) is 7.70. The Morgan fingerprint density at radius 2 is 1.67 bits per heavy atom. The first-order valence-corrected chi connectivity index (χ1v) is 7.70. The molecule has 1 amide bonds. The van der Waals surface area contributed by atoms with Gasteiger partial charge in [-0.05, 0) is 35.4 Å². The fourth-order valence-electron chi connectivity index (χ4n) is 2.40. The highest BCUT2D eigenvalue weighted by Gasteiger charge is 2.11. The lowest BCUT2D eigenvalue weighted by molar-refractivity contribution is -0.120. The van der Waals surface area contributed by atoms with Gasteiger partial charge in [-0.3, -0.25) is 4.79 Å². The van der Waals surface area contributed by atoms with Crippen LogP contribution in [0.3, 0.4) is 0 Å². The number of hydrogen-bond acceptors (Lipinski definition) is 4. The van der Waals surface area contributed by atoms with Gasteiger partial charge in [-0.25, -0.2) is 0 Å². The van der Waals surface area contributed by atoms with E-state index < -0.39 is 0 Å². The minimum absolute atomic E-state index is 0. The summed E-state index contributed by atoms with van der Waals surface area (Å²) in [6.45, 7) is 1.79. The molecule has 1 aliphatic heterocycles. The number of ether oxygens (including phenoxy) is 2. The van der Waals surface area contributed by atoms with E-state index in [2.05, 4.69) is 5.32 Å². The van der Waals surface area contributed by atoms with Gasteiger partial charge in [0.15, 0.2) is 11.5 Å². The summed E-state index contributed by atoms with van der Waals surface area (Å²) >= 11 is 0. The monoisotopic (exact) mass is 348 g/mol. The normalized spacial score (nSPS) is 12.7. The van der Waals surface area contributed by atoms with E-state index in [9.17, 15) is 4.79 Å². The van der Waals surface area contributed by atoms with Crippen LogP contribution >= 0.6 is 12.4 Å². The van der Waals surface area contributed by atoms with E-state index in [1.807, 2.05) is 30.3 Å². The Kier molecular flexibility index (Phi) is 6.32. The first kappa shape index (κ1) is 17.9. The van der Waals surface area contributed by atoms with Gasteiger partial charge in [-0.1, -0.05) is 18.2 Å². The van der Waals surface area contributed by atoms with E-state index in [0.717, 1.165) is 29.0 Å². The maximum atomic E-state index is 12.0. The van der Waals surface area contributed by atoms with Gasteiger partial charge in [0.25, 0.3) is 0 Å². The molecule has 2 aromatic rings. The van der Waals surface area contributed by atoms with E-state index >= 15 is 0 Å². The number of anilines is 1.